The zero-order valence-electron chi connectivity index (χ0n) is 10.6. The van der Waals surface area contributed by atoms with E-state index in [2.05, 4.69) is 30.6 Å². The van der Waals surface area contributed by atoms with Gasteiger partial charge in [-0.3, -0.25) is 4.72 Å². The number of nitrogens with one attached hydrogen (secondary N) is 2. The smallest absolute Gasteiger partial charge is 0.278 e. The van der Waals surface area contributed by atoms with Crippen LogP contribution in [-0.2, 0) is 16.4 Å². The van der Waals surface area contributed by atoms with Crippen molar-refractivity contribution in [3.8, 4) is 0 Å². The van der Waals surface area contributed by atoms with E-state index in [0.29, 0.717) is 17.9 Å². The van der Waals surface area contributed by atoms with Gasteiger partial charge in [-0.05, 0) is 30.7 Å². The van der Waals surface area contributed by atoms with E-state index < -0.39 is 10.0 Å². The van der Waals surface area contributed by atoms with Crippen molar-refractivity contribution in [2.75, 3.05) is 4.72 Å². The average molecular weight is 344 g/mol. The Hall–Kier alpha value is -1.34. The number of halogens is 1. The van der Waals surface area contributed by atoms with Crippen LogP contribution in [0.3, 0.4) is 0 Å². The monoisotopic (exact) mass is 343 g/mol. The normalized spacial score (nSPS) is 11.5. The van der Waals surface area contributed by atoms with Crippen LogP contribution in [0.1, 0.15) is 18.3 Å². The fourth-order valence-electron chi connectivity index (χ4n) is 1.58. The Morgan fingerprint density at radius 1 is 1.42 bits per heavy atom. The molecule has 0 saturated carbocycles. The molecule has 0 bridgehead atoms. The van der Waals surface area contributed by atoms with Gasteiger partial charge in [-0.15, -0.1) is 0 Å². The molecule has 1 heterocycles. The number of imidazole rings is 1. The van der Waals surface area contributed by atoms with Crippen molar-refractivity contribution in [2.24, 2.45) is 0 Å². The number of hydrogen-bond donors (Lipinski definition) is 2. The average Bonchev–Trinajstić information content (AvgIpc) is 2.83. The Kier molecular flexibility index (Phi) is 3.96. The third kappa shape index (κ3) is 3.16. The first-order valence-electron chi connectivity index (χ1n) is 5.75. The second-order valence-electron chi connectivity index (χ2n) is 4.12. The highest BCUT2D eigenvalue weighted by Crippen LogP contribution is 2.22. The van der Waals surface area contributed by atoms with Gasteiger partial charge in [-0.25, -0.2) is 4.98 Å². The van der Waals surface area contributed by atoms with Gasteiger partial charge in [-0.1, -0.05) is 22.9 Å². The molecule has 7 heteroatoms. The zero-order valence-corrected chi connectivity index (χ0v) is 13.0. The van der Waals surface area contributed by atoms with Crippen LogP contribution in [0.5, 0.6) is 0 Å². The number of H-pyrrole nitrogens is 1. The Bertz CT molecular complexity index is 695. The van der Waals surface area contributed by atoms with Crippen molar-refractivity contribution in [3.05, 3.63) is 40.3 Å². The summed E-state index contributed by atoms with van der Waals surface area (Å²) in [7, 11) is -3.62. The topological polar surface area (TPSA) is 74.8 Å². The molecule has 2 rings (SSSR count). The van der Waals surface area contributed by atoms with Crippen molar-refractivity contribution in [1.82, 2.24) is 9.97 Å². The van der Waals surface area contributed by atoms with Crippen molar-refractivity contribution in [3.63, 3.8) is 0 Å². The number of sulfonamides is 1. The molecule has 0 radical (unpaired) electrons. The lowest BCUT2D eigenvalue weighted by atomic mass is 10.2. The molecule has 102 valence electrons. The fourth-order valence-corrected chi connectivity index (χ4v) is 2.82. The molecule has 0 aliphatic rings. The van der Waals surface area contributed by atoms with Gasteiger partial charge in [0.2, 0.25) is 0 Å². The maximum absolute atomic E-state index is 12.1. The van der Waals surface area contributed by atoms with Gasteiger partial charge in [0, 0.05) is 16.6 Å². The SMILES string of the molecule is CCc1ncc(S(=O)(=O)Nc2ccc(Br)c(C)c2)[nH]1. The number of nitrogens with zero attached hydrogens (tertiary/aromatic N) is 1. The maximum Gasteiger partial charge on any atom is 0.278 e. The molecule has 2 N–H and O–H groups in total. The number of hydrogen-bond acceptors (Lipinski definition) is 3. The summed E-state index contributed by atoms with van der Waals surface area (Å²) in [6.07, 6.45) is 1.99. The number of anilines is 1. The summed E-state index contributed by atoms with van der Waals surface area (Å²) < 4.78 is 27.7. The minimum atomic E-state index is -3.62. The Balaban J connectivity index is 2.28. The van der Waals surface area contributed by atoms with Gasteiger partial charge in [-0.2, -0.15) is 8.42 Å². The van der Waals surface area contributed by atoms with Gasteiger partial charge < -0.3 is 4.98 Å². The molecule has 0 amide bonds. The van der Waals surface area contributed by atoms with Gasteiger partial charge in [0.05, 0.1) is 6.20 Å². The van der Waals surface area contributed by atoms with Gasteiger partial charge >= 0.3 is 0 Å². The highest BCUT2D eigenvalue weighted by molar-refractivity contribution is 9.10. The van der Waals surface area contributed by atoms with E-state index in [9.17, 15) is 8.42 Å². The molecule has 1 aromatic carbocycles. The minimum Gasteiger partial charge on any atom is -0.332 e. The highest BCUT2D eigenvalue weighted by atomic mass is 79.9. The molecule has 0 unspecified atom stereocenters. The standard InChI is InChI=1S/C12H14BrN3O2S/c1-3-11-14-7-12(15-11)19(17,18)16-9-4-5-10(13)8(2)6-9/h4-7,16H,3H2,1-2H3,(H,14,15). The predicted octanol–water partition coefficient (Wildman–Crippen LogP) is 2.84. The summed E-state index contributed by atoms with van der Waals surface area (Å²) in [5.41, 5.74) is 1.48. The molecule has 0 aliphatic heterocycles. The molecule has 0 fully saturated rings. The summed E-state index contributed by atoms with van der Waals surface area (Å²) in [6, 6.07) is 5.27. The Morgan fingerprint density at radius 3 is 2.74 bits per heavy atom. The van der Waals surface area contributed by atoms with Crippen LogP contribution in [0.4, 0.5) is 5.69 Å². The van der Waals surface area contributed by atoms with E-state index in [1.165, 1.54) is 6.20 Å². The zero-order chi connectivity index (χ0) is 14.0. The highest BCUT2D eigenvalue weighted by Gasteiger charge is 2.17. The summed E-state index contributed by atoms with van der Waals surface area (Å²) in [5, 5.41) is 0.0740. The molecule has 5 nitrogen and oxygen atoms in total. The summed E-state index contributed by atoms with van der Waals surface area (Å²) >= 11 is 3.37. The molecule has 0 saturated heterocycles. The Morgan fingerprint density at radius 2 is 2.16 bits per heavy atom. The molecule has 1 aromatic heterocycles. The van der Waals surface area contributed by atoms with Crippen LogP contribution in [0.2, 0.25) is 0 Å². The first kappa shape index (κ1) is 14.1. The second kappa shape index (κ2) is 5.34. The van der Waals surface area contributed by atoms with Crippen molar-refractivity contribution < 1.29 is 8.42 Å². The molecule has 0 spiro atoms. The molecule has 0 aliphatic carbocycles. The van der Waals surface area contributed by atoms with Crippen LogP contribution >= 0.6 is 15.9 Å². The third-order valence-corrected chi connectivity index (χ3v) is 4.82. The number of aryl methyl sites for hydroxylation is 2. The van der Waals surface area contributed by atoms with E-state index in [1.54, 1.807) is 18.2 Å². The number of rotatable bonds is 4. The summed E-state index contributed by atoms with van der Waals surface area (Å²) in [4.78, 5) is 6.77. The lowest BCUT2D eigenvalue weighted by molar-refractivity contribution is 0.598. The number of aromatic amines is 1. The van der Waals surface area contributed by atoms with Crippen molar-refractivity contribution in [2.45, 2.75) is 25.3 Å². The van der Waals surface area contributed by atoms with E-state index in [0.717, 1.165) is 10.0 Å². The van der Waals surface area contributed by atoms with Crippen LogP contribution < -0.4 is 4.72 Å². The van der Waals surface area contributed by atoms with E-state index in [1.807, 2.05) is 13.8 Å². The Labute approximate surface area is 120 Å². The van der Waals surface area contributed by atoms with Crippen LogP contribution in [0, 0.1) is 6.92 Å². The minimum absolute atomic E-state index is 0.0740. The second-order valence-corrected chi connectivity index (χ2v) is 6.62. The van der Waals surface area contributed by atoms with Gasteiger partial charge in [0.25, 0.3) is 10.0 Å². The van der Waals surface area contributed by atoms with Crippen LogP contribution in [0.25, 0.3) is 0 Å². The molecule has 0 atom stereocenters. The predicted molar refractivity (Wildman–Crippen MR) is 77.7 cm³/mol. The van der Waals surface area contributed by atoms with E-state index >= 15 is 0 Å². The largest absolute Gasteiger partial charge is 0.332 e. The summed E-state index contributed by atoms with van der Waals surface area (Å²) in [6.45, 7) is 3.80. The summed E-state index contributed by atoms with van der Waals surface area (Å²) in [5.74, 6) is 0.646. The van der Waals surface area contributed by atoms with Crippen LogP contribution in [0.15, 0.2) is 33.9 Å². The molecular formula is C12H14BrN3O2S. The first-order chi connectivity index (χ1) is 8.92. The van der Waals surface area contributed by atoms with Gasteiger partial charge in [0.1, 0.15) is 5.82 Å². The van der Waals surface area contributed by atoms with Gasteiger partial charge in [0.15, 0.2) is 5.03 Å². The lowest BCUT2D eigenvalue weighted by Gasteiger charge is -2.07. The molecule has 2 aromatic rings. The quantitative estimate of drug-likeness (QED) is 0.896. The first-order valence-corrected chi connectivity index (χ1v) is 8.03. The van der Waals surface area contributed by atoms with Crippen molar-refractivity contribution >= 4 is 31.6 Å². The van der Waals surface area contributed by atoms with E-state index in [-0.39, 0.29) is 5.03 Å². The fraction of sp³-hybridized carbons (Fsp3) is 0.250. The number of aromatic nitrogens is 2. The lowest BCUT2D eigenvalue weighted by Crippen LogP contribution is -2.13. The van der Waals surface area contributed by atoms with Crippen LogP contribution in [-0.4, -0.2) is 18.4 Å². The maximum atomic E-state index is 12.1. The number of benzene rings is 1. The van der Waals surface area contributed by atoms with E-state index in [4.69, 9.17) is 0 Å². The van der Waals surface area contributed by atoms with Crippen molar-refractivity contribution in [1.29, 1.82) is 0 Å². The molecular weight excluding hydrogens is 330 g/mol. The third-order valence-electron chi connectivity index (χ3n) is 2.64. The molecule has 19 heavy (non-hydrogen) atoms.